The number of benzene rings is 1. The van der Waals surface area contributed by atoms with Crippen molar-refractivity contribution in [3.05, 3.63) is 30.2 Å². The highest BCUT2D eigenvalue weighted by molar-refractivity contribution is 7.81. The lowest BCUT2D eigenvalue weighted by Crippen LogP contribution is -2.09. The molecule has 0 saturated carbocycles. The monoisotopic (exact) mass is 287 g/mol. The van der Waals surface area contributed by atoms with Crippen LogP contribution in [-0.2, 0) is 18.8 Å². The Kier molecular flexibility index (Phi) is 5.94. The van der Waals surface area contributed by atoms with Gasteiger partial charge in [-0.3, -0.25) is 0 Å². The number of hydrogen-bond acceptors (Lipinski definition) is 6. The molecule has 0 bridgehead atoms. The van der Waals surface area contributed by atoms with Gasteiger partial charge in [0.05, 0.1) is 13.2 Å². The fourth-order valence-corrected chi connectivity index (χ4v) is 1.96. The Labute approximate surface area is 112 Å². The van der Waals surface area contributed by atoms with Crippen molar-refractivity contribution in [3.63, 3.8) is 0 Å². The van der Waals surface area contributed by atoms with Crippen molar-refractivity contribution in [1.82, 2.24) is 4.98 Å². The molecule has 0 saturated heterocycles. The molecule has 0 fully saturated rings. The van der Waals surface area contributed by atoms with Crippen molar-refractivity contribution in [2.45, 2.75) is 20.8 Å². The molecule has 1 aromatic heterocycles. The minimum atomic E-state index is -3.68. The molecular weight excluding hydrogens is 270 g/mol. The second-order valence-electron chi connectivity index (χ2n) is 3.42. The molecule has 0 N–H and O–H groups in total. The average Bonchev–Trinajstić information content (AvgIpc) is 2.69. The van der Waals surface area contributed by atoms with E-state index in [0.29, 0.717) is 0 Å². The van der Waals surface area contributed by atoms with Crippen LogP contribution < -0.4 is 0 Å². The smallest absolute Gasteiger partial charge is 0.399 e. The van der Waals surface area contributed by atoms with E-state index in [2.05, 4.69) is 13.4 Å². The number of aryl methyl sites for hydroxylation is 1. The second-order valence-corrected chi connectivity index (χ2v) is 4.71. The normalized spacial score (nSPS) is 11.1. The molecule has 19 heavy (non-hydrogen) atoms. The zero-order chi connectivity index (χ0) is 14.3. The van der Waals surface area contributed by atoms with Gasteiger partial charge in [-0.2, -0.15) is 8.42 Å². The highest BCUT2D eigenvalue weighted by Crippen LogP contribution is 2.12. The van der Waals surface area contributed by atoms with Gasteiger partial charge in [0.2, 0.25) is 0 Å². The van der Waals surface area contributed by atoms with Crippen LogP contribution >= 0.6 is 0 Å². The third kappa shape index (κ3) is 5.37. The quantitative estimate of drug-likeness (QED) is 0.859. The van der Waals surface area contributed by atoms with Crippen LogP contribution in [0, 0.1) is 6.92 Å². The Bertz CT molecular complexity index is 560. The van der Waals surface area contributed by atoms with E-state index in [-0.39, 0.29) is 13.2 Å². The molecule has 106 valence electrons. The molecule has 0 spiro atoms. The summed E-state index contributed by atoms with van der Waals surface area (Å²) >= 11 is 0. The predicted octanol–water partition coefficient (Wildman–Crippen LogP) is 2.44. The van der Waals surface area contributed by atoms with Crippen LogP contribution in [0.1, 0.15) is 19.7 Å². The van der Waals surface area contributed by atoms with Crippen molar-refractivity contribution in [2.24, 2.45) is 0 Å². The summed E-state index contributed by atoms with van der Waals surface area (Å²) in [6, 6.07) is 7.73. The first-order valence-corrected chi connectivity index (χ1v) is 7.17. The molecule has 0 aliphatic carbocycles. The molecular formula is C12H17NO5S. The molecule has 2 aromatic rings. The topological polar surface area (TPSA) is 78.6 Å². The van der Waals surface area contributed by atoms with Gasteiger partial charge in [0, 0.05) is 6.92 Å². The van der Waals surface area contributed by atoms with Gasteiger partial charge in [0.1, 0.15) is 5.52 Å². The van der Waals surface area contributed by atoms with Gasteiger partial charge in [-0.1, -0.05) is 12.1 Å². The van der Waals surface area contributed by atoms with E-state index in [0.717, 1.165) is 17.0 Å². The van der Waals surface area contributed by atoms with Crippen LogP contribution in [0.2, 0.25) is 0 Å². The number of oxazole rings is 1. The van der Waals surface area contributed by atoms with Crippen molar-refractivity contribution in [1.29, 1.82) is 0 Å². The Hall–Kier alpha value is -1.44. The van der Waals surface area contributed by atoms with Crippen molar-refractivity contribution < 1.29 is 21.2 Å². The molecule has 0 aliphatic rings. The third-order valence-electron chi connectivity index (χ3n) is 1.93. The first kappa shape index (κ1) is 15.6. The standard InChI is InChI=1S/C8H7NO.C4H10O4S/c1-6-9-7-4-2-3-5-8(7)10-6;1-3-7-9(5,6)8-4-2/h2-5H,1H3;3-4H2,1-2H3. The SMILES string of the molecule is CCOS(=O)(=O)OCC.Cc1nc2ccccc2o1. The summed E-state index contributed by atoms with van der Waals surface area (Å²) < 4.78 is 34.5. The number of aromatic nitrogens is 1. The van der Waals surface area contributed by atoms with Crippen LogP contribution in [0.4, 0.5) is 0 Å². The highest BCUT2D eigenvalue weighted by Gasteiger charge is 2.06. The number of rotatable bonds is 4. The molecule has 0 unspecified atom stereocenters. The van der Waals surface area contributed by atoms with Gasteiger partial charge in [-0.05, 0) is 26.0 Å². The molecule has 6 nitrogen and oxygen atoms in total. The van der Waals surface area contributed by atoms with Crippen LogP contribution in [0.15, 0.2) is 28.7 Å². The van der Waals surface area contributed by atoms with E-state index < -0.39 is 10.4 Å². The van der Waals surface area contributed by atoms with Crippen molar-refractivity contribution in [3.8, 4) is 0 Å². The fraction of sp³-hybridized carbons (Fsp3) is 0.417. The van der Waals surface area contributed by atoms with E-state index in [1.54, 1.807) is 13.8 Å². The molecule has 0 amide bonds. The van der Waals surface area contributed by atoms with Gasteiger partial charge in [-0.15, -0.1) is 0 Å². The number of nitrogens with zero attached hydrogens (tertiary/aromatic N) is 1. The van der Waals surface area contributed by atoms with Crippen molar-refractivity contribution >= 4 is 21.5 Å². The summed E-state index contributed by atoms with van der Waals surface area (Å²) in [5, 5.41) is 0. The summed E-state index contributed by atoms with van der Waals surface area (Å²) in [6.45, 7) is 5.23. The molecule has 0 radical (unpaired) electrons. The lowest BCUT2D eigenvalue weighted by molar-refractivity contribution is 0.231. The highest BCUT2D eigenvalue weighted by atomic mass is 32.3. The van der Waals surface area contributed by atoms with E-state index in [9.17, 15) is 8.42 Å². The van der Waals surface area contributed by atoms with E-state index in [4.69, 9.17) is 4.42 Å². The van der Waals surface area contributed by atoms with Gasteiger partial charge in [-0.25, -0.2) is 13.4 Å². The molecule has 0 aliphatic heterocycles. The maximum absolute atomic E-state index is 10.4. The van der Waals surface area contributed by atoms with E-state index >= 15 is 0 Å². The Morgan fingerprint density at radius 3 is 2.26 bits per heavy atom. The molecule has 1 aromatic carbocycles. The Morgan fingerprint density at radius 1 is 1.16 bits per heavy atom. The summed E-state index contributed by atoms with van der Waals surface area (Å²) in [5.41, 5.74) is 1.79. The van der Waals surface area contributed by atoms with Gasteiger partial charge < -0.3 is 4.42 Å². The van der Waals surface area contributed by atoms with Crippen LogP contribution in [-0.4, -0.2) is 26.6 Å². The third-order valence-corrected chi connectivity index (χ3v) is 2.97. The molecule has 0 atom stereocenters. The van der Waals surface area contributed by atoms with Crippen LogP contribution in [0.3, 0.4) is 0 Å². The zero-order valence-corrected chi connectivity index (χ0v) is 11.9. The molecule has 2 rings (SSSR count). The maximum atomic E-state index is 10.4. The Balaban J connectivity index is 0.000000192. The van der Waals surface area contributed by atoms with Crippen molar-refractivity contribution in [2.75, 3.05) is 13.2 Å². The van der Waals surface area contributed by atoms with Crippen LogP contribution in [0.5, 0.6) is 0 Å². The summed E-state index contributed by atoms with van der Waals surface area (Å²) in [7, 11) is -3.68. The van der Waals surface area contributed by atoms with Crippen LogP contribution in [0.25, 0.3) is 11.1 Å². The minimum Gasteiger partial charge on any atom is -0.441 e. The lowest BCUT2D eigenvalue weighted by atomic mass is 10.3. The van der Waals surface area contributed by atoms with Gasteiger partial charge in [0.25, 0.3) is 0 Å². The summed E-state index contributed by atoms with van der Waals surface area (Å²) in [4.78, 5) is 4.15. The Morgan fingerprint density at radius 2 is 1.74 bits per heavy atom. The fourth-order valence-electron chi connectivity index (χ4n) is 1.31. The van der Waals surface area contributed by atoms with Gasteiger partial charge in [0.15, 0.2) is 11.5 Å². The average molecular weight is 287 g/mol. The largest absolute Gasteiger partial charge is 0.441 e. The lowest BCUT2D eigenvalue weighted by Gasteiger charge is -1.99. The maximum Gasteiger partial charge on any atom is 0.399 e. The number of hydrogen-bond donors (Lipinski definition) is 0. The predicted molar refractivity (Wildman–Crippen MR) is 70.9 cm³/mol. The first-order chi connectivity index (χ1) is 8.98. The molecule has 7 heteroatoms. The van der Waals surface area contributed by atoms with E-state index in [1.807, 2.05) is 31.2 Å². The summed E-state index contributed by atoms with van der Waals surface area (Å²) in [5.74, 6) is 0.723. The minimum absolute atomic E-state index is 0.113. The van der Waals surface area contributed by atoms with Gasteiger partial charge >= 0.3 is 10.4 Å². The summed E-state index contributed by atoms with van der Waals surface area (Å²) in [6.07, 6.45) is 0. The number of fused-ring (bicyclic) bond motifs is 1. The first-order valence-electron chi connectivity index (χ1n) is 5.84. The zero-order valence-electron chi connectivity index (χ0n) is 11.1. The van der Waals surface area contributed by atoms with E-state index in [1.165, 1.54) is 0 Å². The number of para-hydroxylation sites is 2. The molecule has 1 heterocycles. The second kappa shape index (κ2) is 7.22.